The number of hydrogen-bond donors (Lipinski definition) is 0. The van der Waals surface area contributed by atoms with E-state index in [1.54, 1.807) is 0 Å². The first-order chi connectivity index (χ1) is 15.4. The minimum absolute atomic E-state index is 0. The van der Waals surface area contributed by atoms with Gasteiger partial charge >= 0.3 is 0 Å². The molecule has 0 saturated heterocycles. The van der Waals surface area contributed by atoms with Gasteiger partial charge in [-0.25, -0.2) is 39.4 Å². The molecule has 0 rings (SSSR count). The molecule has 0 aliphatic rings. The van der Waals surface area contributed by atoms with Crippen LogP contribution in [-0.4, -0.2) is 33.2 Å². The Morgan fingerprint density at radius 3 is 0.270 bits per heavy atom. The van der Waals surface area contributed by atoms with Gasteiger partial charge in [-0.2, -0.15) is 0 Å². The van der Waals surface area contributed by atoms with Crippen molar-refractivity contribution in [3.63, 3.8) is 0 Å². The second-order valence-electron chi connectivity index (χ2n) is 13.7. The Morgan fingerprint density at radius 1 is 0.243 bits per heavy atom. The predicted molar refractivity (Wildman–Crippen MR) is 158 cm³/mol. The normalized spacial score (nSPS) is 10.1. The molecule has 210 valence electrons. The SMILES string of the molecule is [C-]#[N+]C(C)(C)C.[C-]#[N+]C(C)(C)C.[C-]#[N+]C(C)(C)C.[C-]#[N+]C(C)(C)C.[C-]#[N+]C(C)(C)C.[C-]#[N+]C(C)(C)C.[W]. The third-order valence-corrected chi connectivity index (χ3v) is 2.01. The summed E-state index contributed by atoms with van der Waals surface area (Å²) in [5.74, 6) is 0. The van der Waals surface area contributed by atoms with Crippen LogP contribution in [0.15, 0.2) is 0 Å². The third kappa shape index (κ3) is 138. The van der Waals surface area contributed by atoms with Gasteiger partial charge in [-0.3, -0.25) is 0 Å². The van der Waals surface area contributed by atoms with Crippen LogP contribution in [0.1, 0.15) is 125 Å². The molecule has 0 aliphatic heterocycles. The van der Waals surface area contributed by atoms with Crippen molar-refractivity contribution in [2.45, 2.75) is 158 Å². The maximum atomic E-state index is 6.48. The van der Waals surface area contributed by atoms with Gasteiger partial charge in [-0.05, 0) is 0 Å². The van der Waals surface area contributed by atoms with E-state index in [0.717, 1.165) is 0 Å². The molecule has 0 aromatic heterocycles. The average Bonchev–Trinajstić information content (AvgIpc) is 2.67. The van der Waals surface area contributed by atoms with E-state index in [0.29, 0.717) is 0 Å². The minimum Gasteiger partial charge on any atom is -0.311 e. The molecule has 0 aromatic rings. The third-order valence-electron chi connectivity index (χ3n) is 2.01. The maximum Gasteiger partial charge on any atom is 0.224 e. The van der Waals surface area contributed by atoms with Crippen LogP contribution in [0.4, 0.5) is 0 Å². The van der Waals surface area contributed by atoms with Crippen LogP contribution in [0.25, 0.3) is 29.1 Å². The fourth-order valence-corrected chi connectivity index (χ4v) is 0. The Morgan fingerprint density at radius 2 is 0.270 bits per heavy atom. The second-order valence-corrected chi connectivity index (χ2v) is 13.7. The van der Waals surface area contributed by atoms with E-state index in [-0.39, 0.29) is 54.3 Å². The van der Waals surface area contributed by atoms with E-state index < -0.39 is 0 Å². The first kappa shape index (κ1) is 51.3. The molecule has 0 bridgehead atoms. The first-order valence-electron chi connectivity index (χ1n) is 11.7. The van der Waals surface area contributed by atoms with Gasteiger partial charge in [-0.15, -0.1) is 0 Å². The number of hydrogen-bond acceptors (Lipinski definition) is 0. The summed E-state index contributed by atoms with van der Waals surface area (Å²) in [6, 6.07) is 0. The molecule has 0 amide bonds. The second kappa shape index (κ2) is 22.8. The molecular weight excluding hydrogens is 628 g/mol. The van der Waals surface area contributed by atoms with Gasteiger partial charge in [0.25, 0.3) is 0 Å². The fourth-order valence-electron chi connectivity index (χ4n) is 0. The zero-order chi connectivity index (χ0) is 31.2. The zero-order valence-corrected chi connectivity index (χ0v) is 30.0. The van der Waals surface area contributed by atoms with E-state index in [4.69, 9.17) is 39.4 Å². The van der Waals surface area contributed by atoms with Crippen LogP contribution in [0.3, 0.4) is 0 Å². The van der Waals surface area contributed by atoms with Crippen LogP contribution in [0.5, 0.6) is 0 Å². The Kier molecular flexibility index (Phi) is 31.6. The molecular formula is C30H54N6W. The summed E-state index contributed by atoms with van der Waals surface area (Å²) < 4.78 is 0. The summed E-state index contributed by atoms with van der Waals surface area (Å²) in [5, 5.41) is 0. The molecule has 0 aliphatic carbocycles. The van der Waals surface area contributed by atoms with Gasteiger partial charge in [0.15, 0.2) is 0 Å². The van der Waals surface area contributed by atoms with Crippen molar-refractivity contribution in [2.75, 3.05) is 0 Å². The molecule has 0 fully saturated rings. The van der Waals surface area contributed by atoms with E-state index in [1.165, 1.54) is 0 Å². The molecule has 0 spiro atoms. The van der Waals surface area contributed by atoms with Crippen molar-refractivity contribution >= 4 is 0 Å². The van der Waals surface area contributed by atoms with Gasteiger partial charge in [0.2, 0.25) is 33.2 Å². The van der Waals surface area contributed by atoms with E-state index in [9.17, 15) is 0 Å². The Balaban J connectivity index is -0.0000000581. The molecule has 0 atom stereocenters. The summed E-state index contributed by atoms with van der Waals surface area (Å²) in [6.45, 7) is 72.9. The smallest absolute Gasteiger partial charge is 0.224 e. The number of rotatable bonds is 0. The number of nitrogens with zero attached hydrogens (tertiary/aromatic N) is 6. The van der Waals surface area contributed by atoms with Crippen molar-refractivity contribution in [3.8, 4) is 0 Å². The molecule has 6 nitrogen and oxygen atoms in total. The van der Waals surface area contributed by atoms with Crippen LogP contribution in [0.2, 0.25) is 0 Å². The van der Waals surface area contributed by atoms with Gasteiger partial charge < -0.3 is 29.1 Å². The van der Waals surface area contributed by atoms with Gasteiger partial charge in [-0.1, -0.05) is 0 Å². The van der Waals surface area contributed by atoms with E-state index in [2.05, 4.69) is 29.1 Å². The quantitative estimate of drug-likeness (QED) is 0.228. The molecule has 0 heterocycles. The van der Waals surface area contributed by atoms with Gasteiger partial charge in [0.1, 0.15) is 0 Å². The summed E-state index contributed by atoms with van der Waals surface area (Å²) in [4.78, 5) is 19.6. The Labute approximate surface area is 246 Å². The molecule has 0 saturated carbocycles. The molecule has 0 unspecified atom stereocenters. The van der Waals surface area contributed by atoms with Crippen molar-refractivity contribution < 1.29 is 21.1 Å². The van der Waals surface area contributed by atoms with Crippen molar-refractivity contribution in [1.29, 1.82) is 0 Å². The summed E-state index contributed by atoms with van der Waals surface area (Å²) in [7, 11) is 0. The maximum absolute atomic E-state index is 6.48. The van der Waals surface area contributed by atoms with Crippen molar-refractivity contribution in [3.05, 3.63) is 68.5 Å². The Hall–Kier alpha value is -2.37. The molecule has 0 N–H and O–H groups in total. The minimum atomic E-state index is -0.167. The zero-order valence-electron chi connectivity index (χ0n) is 27.1. The predicted octanol–water partition coefficient (Wildman–Crippen LogP) is 10.2. The topological polar surface area (TPSA) is 26.2 Å². The standard InChI is InChI=1S/6C5H9N.W/c6*1-5(2,3)6-4;/h6*1-3H3;. The monoisotopic (exact) mass is 682 g/mol. The van der Waals surface area contributed by atoms with Crippen molar-refractivity contribution in [1.82, 2.24) is 0 Å². The van der Waals surface area contributed by atoms with Crippen LogP contribution in [-0.2, 0) is 21.1 Å². The molecule has 0 radical (unpaired) electrons. The van der Waals surface area contributed by atoms with E-state index >= 15 is 0 Å². The van der Waals surface area contributed by atoms with Gasteiger partial charge in [0, 0.05) is 146 Å². The molecule has 0 aromatic carbocycles. The largest absolute Gasteiger partial charge is 0.311 e. The van der Waals surface area contributed by atoms with Gasteiger partial charge in [0.05, 0.1) is 0 Å². The van der Waals surface area contributed by atoms with Crippen molar-refractivity contribution in [2.24, 2.45) is 0 Å². The molecule has 37 heavy (non-hydrogen) atoms. The van der Waals surface area contributed by atoms with Crippen LogP contribution < -0.4 is 0 Å². The first-order valence-corrected chi connectivity index (χ1v) is 11.7. The Bertz CT molecular complexity index is 618. The average molecular weight is 683 g/mol. The fraction of sp³-hybridized carbons (Fsp3) is 0.800. The van der Waals surface area contributed by atoms with Crippen LogP contribution >= 0.6 is 0 Å². The van der Waals surface area contributed by atoms with E-state index in [1.807, 2.05) is 125 Å². The summed E-state index contributed by atoms with van der Waals surface area (Å²) in [6.07, 6.45) is 0. The van der Waals surface area contributed by atoms with Crippen LogP contribution in [0, 0.1) is 39.4 Å². The summed E-state index contributed by atoms with van der Waals surface area (Å²) >= 11 is 0. The molecule has 7 heteroatoms. The summed E-state index contributed by atoms with van der Waals surface area (Å²) in [5.41, 5.74) is -1.00.